The van der Waals surface area contributed by atoms with Crippen molar-refractivity contribution in [3.05, 3.63) is 46.0 Å². The minimum absolute atomic E-state index is 0. The third kappa shape index (κ3) is 5.63. The topological polar surface area (TPSA) is 112 Å². The number of nitrogens with zero attached hydrogens (tertiary/aromatic N) is 2. The minimum atomic E-state index is -0.307. The number of hydrogen-bond acceptors (Lipinski definition) is 8. The average Bonchev–Trinajstić information content (AvgIpc) is 2.58. The first-order valence-corrected chi connectivity index (χ1v) is 9.73. The summed E-state index contributed by atoms with van der Waals surface area (Å²) in [6.45, 7) is 2.63. The molecule has 2 aromatic rings. The SMILES string of the molecule is Cc1ncc(CSSCc2cnc(C)c([O-])c2CO)c(CO)c1[O-].[Ca+2]. The second-order valence-corrected chi connectivity index (χ2v) is 7.66. The standard InChI is InChI=1S/C16H20N2O4S2.Ca/c1-9-15(21)13(5-19)11(3-17-9)7-23-24-8-12-4-18-10(2)16(22)14(12)6-20;/h3-4,19-22H,5-8H2,1-2H3;/q;+2/p-2. The van der Waals surface area contributed by atoms with E-state index in [-0.39, 0.29) is 62.5 Å². The summed E-state index contributed by atoms with van der Waals surface area (Å²) >= 11 is 0. The van der Waals surface area contributed by atoms with Crippen LogP contribution in [0.4, 0.5) is 0 Å². The Bertz CT molecular complexity index is 670. The molecule has 0 radical (unpaired) electrons. The van der Waals surface area contributed by atoms with Crippen molar-refractivity contribution in [2.45, 2.75) is 38.6 Å². The zero-order valence-electron chi connectivity index (χ0n) is 14.1. The van der Waals surface area contributed by atoms with E-state index in [1.807, 2.05) is 0 Å². The Morgan fingerprint density at radius 3 is 1.52 bits per heavy atom. The summed E-state index contributed by atoms with van der Waals surface area (Å²) in [6.07, 6.45) is 3.22. The predicted molar refractivity (Wildman–Crippen MR) is 97.0 cm³/mol. The second kappa shape index (κ2) is 10.8. The number of hydrogen-bond donors (Lipinski definition) is 2. The van der Waals surface area contributed by atoms with Crippen molar-refractivity contribution in [1.29, 1.82) is 0 Å². The van der Waals surface area contributed by atoms with Crippen LogP contribution in [-0.4, -0.2) is 57.9 Å². The molecule has 0 saturated heterocycles. The van der Waals surface area contributed by atoms with Gasteiger partial charge in [0.25, 0.3) is 0 Å². The quantitative estimate of drug-likeness (QED) is 0.397. The number of rotatable bonds is 7. The third-order valence-corrected chi connectivity index (χ3v) is 5.87. The van der Waals surface area contributed by atoms with E-state index in [1.54, 1.807) is 26.2 Å². The summed E-state index contributed by atoms with van der Waals surface area (Å²) in [4.78, 5) is 8.08. The number of aliphatic hydroxyl groups excluding tert-OH is 2. The van der Waals surface area contributed by atoms with Crippen LogP contribution in [0.25, 0.3) is 0 Å². The van der Waals surface area contributed by atoms with Crippen LogP contribution in [0, 0.1) is 13.8 Å². The fourth-order valence-corrected chi connectivity index (χ4v) is 4.34. The van der Waals surface area contributed by atoms with Crippen molar-refractivity contribution in [3.63, 3.8) is 0 Å². The molecule has 0 aliphatic carbocycles. The van der Waals surface area contributed by atoms with Crippen molar-refractivity contribution in [3.8, 4) is 11.5 Å². The summed E-state index contributed by atoms with van der Waals surface area (Å²) in [5.41, 5.74) is 2.93. The molecule has 2 aromatic heterocycles. The van der Waals surface area contributed by atoms with Gasteiger partial charge < -0.3 is 20.4 Å². The number of aryl methyl sites for hydroxylation is 2. The maximum Gasteiger partial charge on any atom is 2.00 e. The molecule has 0 aliphatic rings. The van der Waals surface area contributed by atoms with Crippen LogP contribution in [-0.2, 0) is 24.7 Å². The summed E-state index contributed by atoms with van der Waals surface area (Å²) in [7, 11) is 2.98. The van der Waals surface area contributed by atoms with Crippen molar-refractivity contribution < 1.29 is 20.4 Å². The van der Waals surface area contributed by atoms with Gasteiger partial charge in [-0.05, 0) is 36.1 Å². The molecule has 0 bridgehead atoms. The molecule has 0 fully saturated rings. The van der Waals surface area contributed by atoms with Crippen molar-refractivity contribution in [1.82, 2.24) is 9.97 Å². The summed E-state index contributed by atoms with van der Waals surface area (Å²) in [5, 5.41) is 42.6. The van der Waals surface area contributed by atoms with Gasteiger partial charge in [0, 0.05) is 35.3 Å². The van der Waals surface area contributed by atoms with Gasteiger partial charge in [-0.1, -0.05) is 33.1 Å². The Hall–Kier alpha value is -0.220. The maximum absolute atomic E-state index is 11.9. The van der Waals surface area contributed by atoms with Crippen LogP contribution < -0.4 is 10.2 Å². The predicted octanol–water partition coefficient (Wildman–Crippen LogP) is 0.926. The zero-order chi connectivity index (χ0) is 17.7. The fourth-order valence-electron chi connectivity index (χ4n) is 2.16. The summed E-state index contributed by atoms with van der Waals surface area (Å²) in [6, 6.07) is 0. The van der Waals surface area contributed by atoms with Gasteiger partial charge in [-0.15, -0.1) is 0 Å². The van der Waals surface area contributed by atoms with Crippen LogP contribution in [0.5, 0.6) is 11.5 Å². The first kappa shape index (κ1) is 22.8. The van der Waals surface area contributed by atoms with Gasteiger partial charge >= 0.3 is 37.7 Å². The second-order valence-electron chi connectivity index (χ2n) is 5.19. The van der Waals surface area contributed by atoms with E-state index in [2.05, 4.69) is 9.97 Å². The number of aliphatic hydroxyl groups is 2. The van der Waals surface area contributed by atoms with Crippen LogP contribution in [0.2, 0.25) is 0 Å². The molecule has 25 heavy (non-hydrogen) atoms. The Morgan fingerprint density at radius 1 is 0.840 bits per heavy atom. The molecule has 0 atom stereocenters. The molecule has 2 N–H and O–H groups in total. The molecule has 0 aromatic carbocycles. The minimum Gasteiger partial charge on any atom is -0.871 e. The molecular formula is C16H18CaN2O4S2. The van der Waals surface area contributed by atoms with Crippen molar-refractivity contribution in [2.24, 2.45) is 0 Å². The van der Waals surface area contributed by atoms with Crippen LogP contribution in [0.15, 0.2) is 12.4 Å². The number of pyridine rings is 2. The van der Waals surface area contributed by atoms with E-state index >= 15 is 0 Å². The molecule has 0 unspecified atom stereocenters. The first-order chi connectivity index (χ1) is 11.5. The number of aromatic nitrogens is 2. The largest absolute Gasteiger partial charge is 2.00 e. The van der Waals surface area contributed by atoms with Gasteiger partial charge in [0.1, 0.15) is 0 Å². The Labute approximate surface area is 184 Å². The third-order valence-electron chi connectivity index (χ3n) is 3.64. The average molecular weight is 407 g/mol. The van der Waals surface area contributed by atoms with Gasteiger partial charge in [0.15, 0.2) is 0 Å². The fraction of sp³-hybridized carbons (Fsp3) is 0.375. The van der Waals surface area contributed by atoms with Gasteiger partial charge in [-0.3, -0.25) is 9.97 Å². The molecule has 0 aliphatic heterocycles. The summed E-state index contributed by atoms with van der Waals surface area (Å²) in [5.74, 6) is 0.589. The smallest absolute Gasteiger partial charge is 0.871 e. The van der Waals surface area contributed by atoms with E-state index in [9.17, 15) is 20.4 Å². The van der Waals surface area contributed by atoms with Crippen LogP contribution >= 0.6 is 21.6 Å². The van der Waals surface area contributed by atoms with Crippen molar-refractivity contribution >= 4 is 59.3 Å². The van der Waals surface area contributed by atoms with E-state index < -0.39 is 0 Å². The maximum atomic E-state index is 11.9. The molecule has 0 amide bonds. The molecular weight excluding hydrogens is 388 g/mol. The first-order valence-electron chi connectivity index (χ1n) is 7.24. The van der Waals surface area contributed by atoms with Crippen LogP contribution in [0.1, 0.15) is 33.6 Å². The molecule has 6 nitrogen and oxygen atoms in total. The zero-order valence-corrected chi connectivity index (χ0v) is 18.0. The Morgan fingerprint density at radius 2 is 1.20 bits per heavy atom. The van der Waals surface area contributed by atoms with E-state index in [4.69, 9.17) is 0 Å². The van der Waals surface area contributed by atoms with Gasteiger partial charge in [0.05, 0.1) is 13.2 Å². The molecule has 0 saturated carbocycles. The molecule has 0 spiro atoms. The molecule has 2 heterocycles. The van der Waals surface area contributed by atoms with Crippen LogP contribution in [0.3, 0.4) is 0 Å². The molecule has 130 valence electrons. The van der Waals surface area contributed by atoms with E-state index in [0.717, 1.165) is 0 Å². The van der Waals surface area contributed by atoms with E-state index in [1.165, 1.54) is 21.6 Å². The molecule has 9 heteroatoms. The van der Waals surface area contributed by atoms with Gasteiger partial charge in [-0.2, -0.15) is 0 Å². The monoisotopic (exact) mass is 406 g/mol. The van der Waals surface area contributed by atoms with Gasteiger partial charge in [-0.25, -0.2) is 0 Å². The van der Waals surface area contributed by atoms with E-state index in [0.29, 0.717) is 45.1 Å². The Kier molecular flexibility index (Phi) is 9.87. The Balaban J connectivity index is 0.00000312. The summed E-state index contributed by atoms with van der Waals surface area (Å²) < 4.78 is 0. The van der Waals surface area contributed by atoms with Gasteiger partial charge in [0.2, 0.25) is 0 Å². The van der Waals surface area contributed by atoms with Crippen molar-refractivity contribution in [2.75, 3.05) is 0 Å². The molecule has 2 rings (SSSR count). The normalized spacial score (nSPS) is 10.6.